The van der Waals surface area contributed by atoms with Crippen molar-refractivity contribution in [3.05, 3.63) is 42.2 Å². The fourth-order valence-electron chi connectivity index (χ4n) is 3.85. The van der Waals surface area contributed by atoms with Crippen LogP contribution in [-0.2, 0) is 16.1 Å². The summed E-state index contributed by atoms with van der Waals surface area (Å²) in [5.74, 6) is 0.908. The molecule has 0 saturated carbocycles. The number of carbonyl (C=O) groups is 1. The number of nitrogens with zero attached hydrogens (tertiary/aromatic N) is 4. The van der Waals surface area contributed by atoms with Gasteiger partial charge in [-0.05, 0) is 32.8 Å². The van der Waals surface area contributed by atoms with Gasteiger partial charge in [0.1, 0.15) is 0 Å². The molecule has 5 rings (SSSR count). The molecule has 1 aliphatic heterocycles. The van der Waals surface area contributed by atoms with E-state index in [2.05, 4.69) is 36.3 Å². The SMILES string of the molecule is Cc1cc(NC(=O)C(C)Sc2nnc(-c3c[nH]c4ccccc34)n2CC2CCCO2)on1. The fraction of sp³-hybridized carbons (Fsp3) is 0.364. The maximum Gasteiger partial charge on any atom is 0.240 e. The molecule has 4 aromatic rings. The van der Waals surface area contributed by atoms with Crippen LogP contribution in [-0.4, -0.2) is 48.8 Å². The number of anilines is 1. The fourth-order valence-corrected chi connectivity index (χ4v) is 4.70. The Bertz CT molecular complexity index is 1240. The number of aryl methyl sites for hydroxylation is 1. The molecule has 1 aromatic carbocycles. The molecule has 2 unspecified atom stereocenters. The van der Waals surface area contributed by atoms with Crippen LogP contribution in [0.3, 0.4) is 0 Å². The summed E-state index contributed by atoms with van der Waals surface area (Å²) in [7, 11) is 0. The number of carbonyl (C=O) groups excluding carboxylic acids is 1. The Morgan fingerprint density at radius 1 is 1.38 bits per heavy atom. The van der Waals surface area contributed by atoms with Crippen molar-refractivity contribution in [3.63, 3.8) is 0 Å². The predicted octanol–water partition coefficient (Wildman–Crippen LogP) is 4.02. The van der Waals surface area contributed by atoms with Gasteiger partial charge < -0.3 is 14.2 Å². The van der Waals surface area contributed by atoms with E-state index in [-0.39, 0.29) is 12.0 Å². The van der Waals surface area contributed by atoms with E-state index in [4.69, 9.17) is 9.26 Å². The Labute approximate surface area is 188 Å². The van der Waals surface area contributed by atoms with Gasteiger partial charge in [0.25, 0.3) is 0 Å². The lowest BCUT2D eigenvalue weighted by Gasteiger charge is -2.16. The number of hydrogen-bond donors (Lipinski definition) is 2. The molecule has 2 N–H and O–H groups in total. The van der Waals surface area contributed by atoms with E-state index in [1.807, 2.05) is 31.3 Å². The average Bonchev–Trinajstić information content (AvgIpc) is 3.57. The van der Waals surface area contributed by atoms with Crippen LogP contribution in [0.2, 0.25) is 0 Å². The van der Waals surface area contributed by atoms with Crippen molar-refractivity contribution in [2.45, 2.75) is 49.7 Å². The van der Waals surface area contributed by atoms with Crippen LogP contribution in [0.4, 0.5) is 5.88 Å². The minimum atomic E-state index is -0.413. The van der Waals surface area contributed by atoms with Crippen LogP contribution in [0, 0.1) is 6.92 Å². The maximum absolute atomic E-state index is 12.7. The van der Waals surface area contributed by atoms with Crippen LogP contribution in [0.15, 0.2) is 46.2 Å². The van der Waals surface area contributed by atoms with Crippen molar-refractivity contribution in [3.8, 4) is 11.4 Å². The number of thioether (sulfide) groups is 1. The van der Waals surface area contributed by atoms with Crippen LogP contribution in [0.25, 0.3) is 22.3 Å². The number of amides is 1. The number of hydrogen-bond acceptors (Lipinski definition) is 7. The smallest absolute Gasteiger partial charge is 0.240 e. The molecule has 3 aromatic heterocycles. The number of benzene rings is 1. The molecule has 4 heterocycles. The number of ether oxygens (including phenoxy) is 1. The Morgan fingerprint density at radius 2 is 2.25 bits per heavy atom. The molecule has 0 aliphatic carbocycles. The van der Waals surface area contributed by atoms with Crippen molar-refractivity contribution in [1.29, 1.82) is 0 Å². The average molecular weight is 453 g/mol. The molecule has 0 spiro atoms. The second kappa shape index (κ2) is 8.79. The van der Waals surface area contributed by atoms with Gasteiger partial charge in [-0.25, -0.2) is 0 Å². The first kappa shape index (κ1) is 20.8. The summed E-state index contributed by atoms with van der Waals surface area (Å²) in [6, 6.07) is 9.79. The summed E-state index contributed by atoms with van der Waals surface area (Å²) in [6.07, 6.45) is 4.11. The Balaban J connectivity index is 1.43. The molecule has 1 fully saturated rings. The van der Waals surface area contributed by atoms with Gasteiger partial charge in [-0.2, -0.15) is 0 Å². The van der Waals surface area contributed by atoms with E-state index in [1.165, 1.54) is 11.8 Å². The highest BCUT2D eigenvalue weighted by Crippen LogP contribution is 2.32. The number of fused-ring (bicyclic) bond motifs is 1. The van der Waals surface area contributed by atoms with Crippen molar-refractivity contribution < 1.29 is 14.1 Å². The summed E-state index contributed by atoms with van der Waals surface area (Å²) < 4.78 is 13.0. The van der Waals surface area contributed by atoms with Gasteiger partial charge >= 0.3 is 0 Å². The van der Waals surface area contributed by atoms with E-state index in [1.54, 1.807) is 13.0 Å². The van der Waals surface area contributed by atoms with Crippen LogP contribution < -0.4 is 5.32 Å². The lowest BCUT2D eigenvalue weighted by Crippen LogP contribution is -2.23. The Kier molecular flexibility index (Phi) is 5.71. The van der Waals surface area contributed by atoms with Gasteiger partial charge in [-0.15, -0.1) is 10.2 Å². The largest absolute Gasteiger partial charge is 0.376 e. The molecule has 166 valence electrons. The minimum Gasteiger partial charge on any atom is -0.376 e. The second-order valence-corrected chi connectivity index (χ2v) is 9.19. The summed E-state index contributed by atoms with van der Waals surface area (Å²) >= 11 is 1.36. The molecule has 1 saturated heterocycles. The summed E-state index contributed by atoms with van der Waals surface area (Å²) in [5, 5.41) is 16.9. The number of aromatic nitrogens is 5. The molecule has 2 atom stereocenters. The van der Waals surface area contributed by atoms with Crippen molar-refractivity contribution in [2.24, 2.45) is 0 Å². The zero-order valence-electron chi connectivity index (χ0n) is 17.9. The van der Waals surface area contributed by atoms with Crippen molar-refractivity contribution in [1.82, 2.24) is 24.9 Å². The Hall–Kier alpha value is -3.11. The third-order valence-corrected chi connectivity index (χ3v) is 6.56. The van der Waals surface area contributed by atoms with Crippen molar-refractivity contribution >= 4 is 34.5 Å². The zero-order chi connectivity index (χ0) is 22.1. The van der Waals surface area contributed by atoms with Gasteiger partial charge in [-0.3, -0.25) is 14.7 Å². The summed E-state index contributed by atoms with van der Waals surface area (Å²) in [6.45, 7) is 5.05. The van der Waals surface area contributed by atoms with Crippen LogP contribution >= 0.6 is 11.8 Å². The first-order valence-electron chi connectivity index (χ1n) is 10.6. The molecular formula is C22H24N6O3S. The molecule has 10 heteroatoms. The molecular weight excluding hydrogens is 428 g/mol. The number of aromatic amines is 1. The van der Waals surface area contributed by atoms with Crippen LogP contribution in [0.1, 0.15) is 25.5 Å². The lowest BCUT2D eigenvalue weighted by atomic mass is 10.1. The van der Waals surface area contributed by atoms with E-state index in [9.17, 15) is 4.79 Å². The van der Waals surface area contributed by atoms with Gasteiger partial charge in [-0.1, -0.05) is 35.1 Å². The van der Waals surface area contributed by atoms with Gasteiger partial charge in [0.05, 0.1) is 23.6 Å². The maximum atomic E-state index is 12.7. The molecule has 1 amide bonds. The van der Waals surface area contributed by atoms with Gasteiger partial charge in [0, 0.05) is 35.3 Å². The number of H-pyrrole nitrogens is 1. The van der Waals surface area contributed by atoms with E-state index in [0.29, 0.717) is 23.3 Å². The quantitative estimate of drug-likeness (QED) is 0.407. The number of nitrogens with one attached hydrogen (secondary N) is 2. The summed E-state index contributed by atoms with van der Waals surface area (Å²) in [4.78, 5) is 16.0. The third kappa shape index (κ3) is 4.15. The first-order valence-corrected chi connectivity index (χ1v) is 11.5. The first-order chi connectivity index (χ1) is 15.6. The highest BCUT2D eigenvalue weighted by molar-refractivity contribution is 8.00. The molecule has 0 bridgehead atoms. The zero-order valence-corrected chi connectivity index (χ0v) is 18.7. The van der Waals surface area contributed by atoms with E-state index in [0.717, 1.165) is 41.7 Å². The standard InChI is InChI=1S/C22H24N6O3S/c1-13-10-19(31-27-13)24-21(29)14(2)32-22-26-25-20(28(22)12-15-6-5-9-30-15)17-11-23-18-8-4-3-7-16(17)18/h3-4,7-8,10-11,14-15,23H,5-6,9,12H2,1-2H3,(H,24,29). The molecule has 1 aliphatic rings. The monoisotopic (exact) mass is 452 g/mol. The highest BCUT2D eigenvalue weighted by Gasteiger charge is 2.26. The highest BCUT2D eigenvalue weighted by atomic mass is 32.2. The van der Waals surface area contributed by atoms with Gasteiger partial charge in [0.2, 0.25) is 11.8 Å². The summed E-state index contributed by atoms with van der Waals surface area (Å²) in [5.41, 5.74) is 2.73. The molecule has 0 radical (unpaired) electrons. The normalized spacial score (nSPS) is 17.1. The molecule has 32 heavy (non-hydrogen) atoms. The Morgan fingerprint density at radius 3 is 3.03 bits per heavy atom. The minimum absolute atomic E-state index is 0.107. The number of rotatable bonds is 7. The second-order valence-electron chi connectivity index (χ2n) is 7.88. The third-order valence-electron chi connectivity index (χ3n) is 5.48. The van der Waals surface area contributed by atoms with E-state index < -0.39 is 5.25 Å². The number of para-hydroxylation sites is 1. The van der Waals surface area contributed by atoms with Crippen molar-refractivity contribution in [2.75, 3.05) is 11.9 Å². The predicted molar refractivity (Wildman–Crippen MR) is 121 cm³/mol. The lowest BCUT2D eigenvalue weighted by molar-refractivity contribution is -0.115. The molecule has 9 nitrogen and oxygen atoms in total. The van der Waals surface area contributed by atoms with Crippen LogP contribution in [0.5, 0.6) is 0 Å². The van der Waals surface area contributed by atoms with Gasteiger partial charge in [0.15, 0.2) is 11.0 Å². The van der Waals surface area contributed by atoms with E-state index >= 15 is 0 Å². The topological polar surface area (TPSA) is 111 Å².